The minimum atomic E-state index is -0.905. The lowest BCUT2D eigenvalue weighted by molar-refractivity contribution is -0.143. The van der Waals surface area contributed by atoms with Gasteiger partial charge in [-0.1, -0.05) is 112 Å². The van der Waals surface area contributed by atoms with Gasteiger partial charge in [-0.05, 0) is 70.6 Å². The third-order valence-electron chi connectivity index (χ3n) is 8.54. The molecule has 2 unspecified atom stereocenters. The first-order valence-corrected chi connectivity index (χ1v) is 17.2. The lowest BCUT2D eigenvalue weighted by Gasteiger charge is -2.36. The summed E-state index contributed by atoms with van der Waals surface area (Å²) < 4.78 is 5.60. The fourth-order valence-electron chi connectivity index (χ4n) is 6.24. The highest BCUT2D eigenvalue weighted by atomic mass is 16.6. The van der Waals surface area contributed by atoms with Crippen molar-refractivity contribution in [2.24, 2.45) is 0 Å². The van der Waals surface area contributed by atoms with Crippen molar-refractivity contribution < 1.29 is 19.1 Å². The van der Waals surface area contributed by atoms with Crippen LogP contribution in [0.1, 0.15) is 127 Å². The quantitative estimate of drug-likeness (QED) is 0.197. The topological polar surface area (TPSA) is 87.7 Å². The Balaban J connectivity index is 2.02. The van der Waals surface area contributed by atoms with Crippen molar-refractivity contribution in [1.29, 1.82) is 0 Å². The number of aryl methyl sites for hydroxylation is 2. The lowest BCUT2D eigenvalue weighted by Crippen LogP contribution is -2.54. The summed E-state index contributed by atoms with van der Waals surface area (Å²) in [5.74, 6) is -0.425. The van der Waals surface area contributed by atoms with Gasteiger partial charge in [-0.15, -0.1) is 0 Å². The second-order valence-corrected chi connectivity index (χ2v) is 13.8. The molecule has 0 spiro atoms. The van der Waals surface area contributed by atoms with Crippen molar-refractivity contribution in [3.05, 3.63) is 70.8 Å². The molecule has 2 atom stereocenters. The number of hydrogen-bond donors (Lipinski definition) is 2. The molecule has 1 aliphatic rings. The molecule has 0 bridgehead atoms. The predicted octanol–water partition coefficient (Wildman–Crippen LogP) is 8.12. The van der Waals surface area contributed by atoms with Gasteiger partial charge in [-0.3, -0.25) is 9.59 Å². The first-order valence-electron chi connectivity index (χ1n) is 17.2. The number of hydrogen-bond acceptors (Lipinski definition) is 4. The number of unbranched alkanes of at least 4 members (excludes halogenated alkanes) is 5. The maximum Gasteiger partial charge on any atom is 0.408 e. The van der Waals surface area contributed by atoms with Gasteiger partial charge in [0.05, 0.1) is 0 Å². The molecule has 3 amide bonds. The van der Waals surface area contributed by atoms with Crippen LogP contribution in [-0.2, 0) is 20.7 Å². The van der Waals surface area contributed by atoms with Gasteiger partial charge >= 0.3 is 6.09 Å². The molecule has 0 heterocycles. The van der Waals surface area contributed by atoms with E-state index in [1.165, 1.54) is 12.8 Å². The Morgan fingerprint density at radius 2 is 1.58 bits per heavy atom. The molecule has 1 aliphatic carbocycles. The van der Waals surface area contributed by atoms with Crippen LogP contribution in [0.25, 0.3) is 0 Å². The smallest absolute Gasteiger partial charge is 0.408 e. The zero-order chi connectivity index (χ0) is 32.8. The normalized spacial score (nSPS) is 15.2. The number of amides is 3. The van der Waals surface area contributed by atoms with Crippen LogP contribution in [-0.4, -0.2) is 47.0 Å². The third kappa shape index (κ3) is 12.2. The van der Waals surface area contributed by atoms with Crippen molar-refractivity contribution >= 4 is 17.9 Å². The molecule has 0 saturated heterocycles. The Bertz CT molecular complexity index is 1220. The molecule has 7 nitrogen and oxygen atoms in total. The van der Waals surface area contributed by atoms with Gasteiger partial charge in [0, 0.05) is 19.0 Å². The zero-order valence-corrected chi connectivity index (χ0v) is 28.6. The van der Waals surface area contributed by atoms with E-state index in [0.29, 0.717) is 6.54 Å². The van der Waals surface area contributed by atoms with Gasteiger partial charge < -0.3 is 20.3 Å². The minimum absolute atomic E-state index is 0.102. The molecule has 2 aromatic rings. The Hall–Kier alpha value is -3.35. The first-order chi connectivity index (χ1) is 21.5. The Morgan fingerprint density at radius 1 is 0.911 bits per heavy atom. The van der Waals surface area contributed by atoms with E-state index in [9.17, 15) is 14.4 Å². The number of nitrogens with zero attached hydrogens (tertiary/aromatic N) is 1. The Labute approximate surface area is 271 Å². The number of nitrogens with one attached hydrogen (secondary N) is 2. The molecule has 2 aromatic carbocycles. The van der Waals surface area contributed by atoms with Crippen LogP contribution >= 0.6 is 0 Å². The number of carbonyl (C=O) groups excluding carboxylic acids is 3. The van der Waals surface area contributed by atoms with Crippen molar-refractivity contribution in [2.45, 2.75) is 142 Å². The van der Waals surface area contributed by atoms with E-state index < -0.39 is 23.8 Å². The summed E-state index contributed by atoms with van der Waals surface area (Å²) >= 11 is 0. The maximum absolute atomic E-state index is 14.8. The summed E-state index contributed by atoms with van der Waals surface area (Å²) in [5, 5.41) is 6.22. The first kappa shape index (κ1) is 36.1. The second kappa shape index (κ2) is 18.0. The van der Waals surface area contributed by atoms with Crippen molar-refractivity contribution in [1.82, 2.24) is 15.5 Å². The molecule has 1 fully saturated rings. The lowest BCUT2D eigenvalue weighted by atomic mass is 9.93. The molecule has 3 rings (SSSR count). The number of ether oxygens (including phenoxy) is 1. The summed E-state index contributed by atoms with van der Waals surface area (Å²) in [6, 6.07) is 14.1. The van der Waals surface area contributed by atoms with Crippen LogP contribution in [0.15, 0.2) is 48.5 Å². The van der Waals surface area contributed by atoms with E-state index in [2.05, 4.69) is 23.6 Å². The number of benzene rings is 2. The summed E-state index contributed by atoms with van der Waals surface area (Å²) in [4.78, 5) is 44.0. The Morgan fingerprint density at radius 3 is 2.22 bits per heavy atom. The van der Waals surface area contributed by atoms with Crippen LogP contribution in [0.2, 0.25) is 0 Å². The van der Waals surface area contributed by atoms with E-state index in [0.717, 1.165) is 80.0 Å². The van der Waals surface area contributed by atoms with Gasteiger partial charge in [-0.25, -0.2) is 4.79 Å². The van der Waals surface area contributed by atoms with Crippen LogP contribution in [0.4, 0.5) is 4.79 Å². The van der Waals surface area contributed by atoms with Crippen LogP contribution in [0.3, 0.4) is 0 Å². The monoisotopic (exact) mass is 619 g/mol. The highest BCUT2D eigenvalue weighted by Gasteiger charge is 2.37. The molecule has 0 aliphatic heterocycles. The van der Waals surface area contributed by atoms with Crippen LogP contribution in [0, 0.1) is 13.8 Å². The van der Waals surface area contributed by atoms with E-state index in [1.54, 1.807) is 25.7 Å². The second-order valence-electron chi connectivity index (χ2n) is 13.8. The van der Waals surface area contributed by atoms with E-state index >= 15 is 0 Å². The van der Waals surface area contributed by atoms with Gasteiger partial charge in [0.2, 0.25) is 11.8 Å². The molecule has 2 N–H and O–H groups in total. The highest BCUT2D eigenvalue weighted by molar-refractivity contribution is 5.92. The van der Waals surface area contributed by atoms with E-state index in [-0.39, 0.29) is 24.3 Å². The fraction of sp³-hybridized carbons (Fsp3) is 0.605. The maximum atomic E-state index is 14.8. The number of alkyl carbamates (subject to hydrolysis) is 1. The highest BCUT2D eigenvalue weighted by Crippen LogP contribution is 2.29. The molecular weight excluding hydrogens is 562 g/mol. The molecular formula is C38H57N3O4. The fourth-order valence-corrected chi connectivity index (χ4v) is 6.24. The molecule has 0 aromatic heterocycles. The predicted molar refractivity (Wildman–Crippen MR) is 182 cm³/mol. The van der Waals surface area contributed by atoms with Crippen molar-refractivity contribution in [3.63, 3.8) is 0 Å². The standard InChI is InChI=1S/C38H57N3O4/c1-7-8-9-10-11-18-25-41(36(43)33(27-30-19-14-12-15-20-30)40-37(44)45-38(4,5)6)34(32-24-23-28(2)26-29(32)3)35(42)39-31-21-16-13-17-22-31/h12,14-15,19-20,23-24,26,31,33-34H,7-11,13,16-18,21-22,25,27H2,1-6H3,(H,39,42)(H,40,44). The van der Waals surface area contributed by atoms with Crippen LogP contribution in [0.5, 0.6) is 0 Å². The van der Waals surface area contributed by atoms with Gasteiger partial charge in [0.15, 0.2) is 0 Å². The summed E-state index contributed by atoms with van der Waals surface area (Å²) in [7, 11) is 0. The van der Waals surface area contributed by atoms with E-state index in [4.69, 9.17) is 4.74 Å². The zero-order valence-electron chi connectivity index (χ0n) is 28.6. The molecule has 248 valence electrons. The molecule has 45 heavy (non-hydrogen) atoms. The van der Waals surface area contributed by atoms with Crippen molar-refractivity contribution in [3.8, 4) is 0 Å². The Kier molecular flexibility index (Phi) is 14.4. The van der Waals surface area contributed by atoms with Gasteiger partial charge in [0.25, 0.3) is 0 Å². The number of rotatable bonds is 15. The van der Waals surface area contributed by atoms with Crippen LogP contribution < -0.4 is 10.6 Å². The summed E-state index contributed by atoms with van der Waals surface area (Å²) in [6.07, 6.45) is 11.3. The van der Waals surface area contributed by atoms with Crippen molar-refractivity contribution in [2.75, 3.05) is 6.54 Å². The average Bonchev–Trinajstić information content (AvgIpc) is 2.98. The summed E-state index contributed by atoms with van der Waals surface area (Å²) in [5.41, 5.74) is 3.10. The minimum Gasteiger partial charge on any atom is -0.444 e. The average molecular weight is 620 g/mol. The van der Waals surface area contributed by atoms with E-state index in [1.807, 2.05) is 56.3 Å². The van der Waals surface area contributed by atoms with Gasteiger partial charge in [0.1, 0.15) is 17.7 Å². The largest absolute Gasteiger partial charge is 0.444 e. The SMILES string of the molecule is CCCCCCCCN(C(=O)C(Cc1ccccc1)NC(=O)OC(C)(C)C)C(C(=O)NC1CCCCC1)c1ccc(C)cc1C. The molecule has 1 saturated carbocycles. The summed E-state index contributed by atoms with van der Waals surface area (Å²) in [6.45, 7) is 12.1. The molecule has 0 radical (unpaired) electrons. The number of carbonyl (C=O) groups is 3. The third-order valence-corrected chi connectivity index (χ3v) is 8.54. The molecule has 7 heteroatoms. The van der Waals surface area contributed by atoms with Gasteiger partial charge in [-0.2, -0.15) is 0 Å².